The maximum Gasteiger partial charge on any atom is 0.0647 e. The predicted octanol–water partition coefficient (Wildman–Crippen LogP) is -0.874. The third-order valence-electron chi connectivity index (χ3n) is 0.984. The topological polar surface area (TPSA) is 56.7 Å². The van der Waals surface area contributed by atoms with Crippen molar-refractivity contribution in [1.29, 1.82) is 0 Å². The molecule has 0 aliphatic heterocycles. The Labute approximate surface area is 68.8 Å². The molecule has 2 N–H and O–H groups in total. The number of carbonyl (C=O) groups excluding carboxylic acids is 1. The van der Waals surface area contributed by atoms with Gasteiger partial charge in [-0.25, -0.2) is 0 Å². The van der Waals surface area contributed by atoms with Gasteiger partial charge in [-0.1, -0.05) is 19.8 Å². The number of carboxylic acids is 1. The maximum absolute atomic E-state index is 9.76. The first-order valence-corrected chi connectivity index (χ1v) is 4.12. The first-order chi connectivity index (χ1) is 5.18. The molecule has 0 aromatic rings. The van der Waals surface area contributed by atoms with E-state index < -0.39 is 5.97 Å². The Morgan fingerprint density at radius 2 is 1.82 bits per heavy atom. The molecule has 0 rings (SSSR count). The van der Waals surface area contributed by atoms with E-state index in [4.69, 9.17) is 0 Å². The largest absolute Gasteiger partial charge is 0.550 e. The van der Waals surface area contributed by atoms with Crippen molar-refractivity contribution in [1.82, 2.24) is 0 Å². The van der Waals surface area contributed by atoms with Crippen molar-refractivity contribution in [2.45, 2.75) is 32.6 Å². The monoisotopic (exact) mass is 161 g/mol. The molecule has 0 unspecified atom stereocenters. The van der Waals surface area contributed by atoms with Crippen LogP contribution >= 0.6 is 0 Å². The zero-order chi connectivity index (χ0) is 9.11. The molecule has 0 amide bonds. The number of carbonyl (C=O) groups is 1. The Morgan fingerprint density at radius 1 is 1.36 bits per heavy atom. The van der Waals surface area contributed by atoms with Gasteiger partial charge < -0.3 is 15.2 Å². The number of nitrogens with two attached hydrogens (primary N) is 1. The molecule has 0 aliphatic carbocycles. The minimum Gasteiger partial charge on any atom is -0.550 e. The van der Waals surface area contributed by atoms with Crippen LogP contribution in [0.1, 0.15) is 32.6 Å². The molecule has 0 atom stereocenters. The molecule has 0 aliphatic rings. The Hall–Kier alpha value is -0.570. The molecule has 0 aromatic heterocycles. The molecule has 3 nitrogen and oxygen atoms in total. The van der Waals surface area contributed by atoms with Crippen molar-refractivity contribution in [3.8, 4) is 0 Å². The van der Waals surface area contributed by atoms with Crippen LogP contribution in [0.25, 0.3) is 0 Å². The Morgan fingerprint density at radius 3 is 2.09 bits per heavy atom. The summed E-state index contributed by atoms with van der Waals surface area (Å²) in [5.41, 5.74) is 0. The second-order valence-electron chi connectivity index (χ2n) is 2.41. The van der Waals surface area contributed by atoms with Crippen molar-refractivity contribution in [2.24, 2.45) is 0 Å². The molecule has 0 bridgehead atoms. The molecule has 0 saturated heterocycles. The predicted molar refractivity (Wildman–Crippen MR) is 42.9 cm³/mol. The molecule has 11 heavy (non-hydrogen) atoms. The van der Waals surface area contributed by atoms with Crippen LogP contribution in [0.5, 0.6) is 0 Å². The molecule has 0 saturated carbocycles. The first kappa shape index (κ1) is 13.1. The van der Waals surface area contributed by atoms with Gasteiger partial charge in [-0.3, -0.25) is 0 Å². The van der Waals surface area contributed by atoms with E-state index in [-0.39, 0.29) is 6.42 Å². The molecule has 0 aromatic carbocycles. The second-order valence-corrected chi connectivity index (χ2v) is 2.41. The summed E-state index contributed by atoms with van der Waals surface area (Å²) in [6.45, 7) is 2.04. The summed E-state index contributed by atoms with van der Waals surface area (Å²) in [6, 6.07) is 0. The summed E-state index contributed by atoms with van der Waals surface area (Å²) in [7, 11) is 4.00. The molecule has 0 radical (unpaired) electrons. The van der Waals surface area contributed by atoms with Gasteiger partial charge in [0.25, 0.3) is 0 Å². The number of hydrogen-bond donors (Lipinski definition) is 1. The lowest BCUT2D eigenvalue weighted by atomic mass is 10.2. The minimum absolute atomic E-state index is 0.216. The molecule has 0 fully saturated rings. The summed E-state index contributed by atoms with van der Waals surface area (Å²) in [6.07, 6.45) is 3.04. The third-order valence-corrected chi connectivity index (χ3v) is 0.984. The van der Waals surface area contributed by atoms with Crippen molar-refractivity contribution >= 4 is 5.97 Å². The van der Waals surface area contributed by atoms with Gasteiger partial charge in [0.05, 0.1) is 14.1 Å². The fraction of sp³-hybridized carbons (Fsp3) is 0.875. The van der Waals surface area contributed by atoms with E-state index in [1.165, 1.54) is 0 Å². The quantitative estimate of drug-likeness (QED) is 0.545. The number of unbranched alkanes of at least 4 members (excludes halogenated alkanes) is 2. The van der Waals surface area contributed by atoms with E-state index in [1.807, 2.05) is 26.3 Å². The van der Waals surface area contributed by atoms with Gasteiger partial charge in [-0.15, -0.1) is 0 Å². The average molecular weight is 161 g/mol. The van der Waals surface area contributed by atoms with Gasteiger partial charge in [-0.2, -0.15) is 0 Å². The summed E-state index contributed by atoms with van der Waals surface area (Å²) < 4.78 is 0. The van der Waals surface area contributed by atoms with E-state index in [0.29, 0.717) is 0 Å². The summed E-state index contributed by atoms with van der Waals surface area (Å²) in [5.74, 6) is -0.932. The highest BCUT2D eigenvalue weighted by molar-refractivity contribution is 5.63. The molecular formula is C8H19NO2. The van der Waals surface area contributed by atoms with Crippen LogP contribution in [0.3, 0.4) is 0 Å². The highest BCUT2D eigenvalue weighted by Crippen LogP contribution is 1.96. The lowest BCUT2D eigenvalue weighted by Gasteiger charge is -1.97. The minimum atomic E-state index is -0.932. The highest BCUT2D eigenvalue weighted by atomic mass is 16.4. The van der Waals surface area contributed by atoms with Crippen LogP contribution in [0.4, 0.5) is 0 Å². The molecule has 0 heterocycles. The van der Waals surface area contributed by atoms with Gasteiger partial charge in [0.15, 0.2) is 0 Å². The van der Waals surface area contributed by atoms with Crippen LogP contribution in [-0.4, -0.2) is 20.1 Å². The number of quaternary nitrogens is 1. The van der Waals surface area contributed by atoms with Crippen molar-refractivity contribution in [3.05, 3.63) is 0 Å². The fourth-order valence-corrected chi connectivity index (χ4v) is 0.519. The SMILES string of the molecule is CCCCCC(=O)[O-].C[NH2+]C. The Balaban J connectivity index is 0. The van der Waals surface area contributed by atoms with Crippen LogP contribution in [0.2, 0.25) is 0 Å². The van der Waals surface area contributed by atoms with Crippen molar-refractivity contribution in [2.75, 3.05) is 14.1 Å². The summed E-state index contributed by atoms with van der Waals surface area (Å²) in [4.78, 5) is 9.76. The van der Waals surface area contributed by atoms with Crippen molar-refractivity contribution in [3.63, 3.8) is 0 Å². The van der Waals surface area contributed by atoms with Crippen LogP contribution in [0.15, 0.2) is 0 Å². The normalized spacial score (nSPS) is 8.27. The van der Waals surface area contributed by atoms with E-state index in [1.54, 1.807) is 0 Å². The zero-order valence-corrected chi connectivity index (χ0v) is 7.72. The third kappa shape index (κ3) is 26.5. The highest BCUT2D eigenvalue weighted by Gasteiger charge is 1.84. The number of hydrogen-bond acceptors (Lipinski definition) is 2. The summed E-state index contributed by atoms with van der Waals surface area (Å²) >= 11 is 0. The van der Waals surface area contributed by atoms with Crippen LogP contribution in [0, 0.1) is 0 Å². The van der Waals surface area contributed by atoms with Gasteiger partial charge in [0.2, 0.25) is 0 Å². The van der Waals surface area contributed by atoms with Gasteiger partial charge in [0.1, 0.15) is 0 Å². The number of carboxylic acid groups (broad SMARTS) is 1. The van der Waals surface area contributed by atoms with E-state index >= 15 is 0 Å². The number of rotatable bonds is 4. The first-order valence-electron chi connectivity index (χ1n) is 4.12. The molecule has 0 spiro atoms. The zero-order valence-electron chi connectivity index (χ0n) is 7.72. The lowest BCUT2D eigenvalue weighted by Crippen LogP contribution is -2.74. The smallest absolute Gasteiger partial charge is 0.0647 e. The standard InChI is InChI=1S/C6H12O2.C2H7N/c1-2-3-4-5-6(7)8;1-3-2/h2-5H2,1H3,(H,7,8);3H,1-2H3. The van der Waals surface area contributed by atoms with E-state index in [0.717, 1.165) is 19.3 Å². The lowest BCUT2D eigenvalue weighted by molar-refractivity contribution is -0.597. The van der Waals surface area contributed by atoms with Gasteiger partial charge >= 0.3 is 0 Å². The molecular weight excluding hydrogens is 142 g/mol. The average Bonchev–Trinajstić information content (AvgIpc) is 1.89. The molecule has 3 heteroatoms. The van der Waals surface area contributed by atoms with Crippen LogP contribution in [-0.2, 0) is 4.79 Å². The molecule has 68 valence electrons. The Kier molecular flexibility index (Phi) is 14.4. The number of aliphatic carboxylic acids is 1. The summed E-state index contributed by atoms with van der Waals surface area (Å²) in [5, 5.41) is 11.8. The van der Waals surface area contributed by atoms with Gasteiger partial charge in [-0.05, 0) is 12.8 Å². The Bertz CT molecular complexity index is 84.2. The van der Waals surface area contributed by atoms with Crippen molar-refractivity contribution < 1.29 is 15.2 Å². The van der Waals surface area contributed by atoms with Gasteiger partial charge in [0, 0.05) is 5.97 Å². The second kappa shape index (κ2) is 12.1. The van der Waals surface area contributed by atoms with E-state index in [9.17, 15) is 9.90 Å². The fourth-order valence-electron chi connectivity index (χ4n) is 0.519. The maximum atomic E-state index is 9.76. The van der Waals surface area contributed by atoms with E-state index in [2.05, 4.69) is 0 Å². The van der Waals surface area contributed by atoms with Crippen LogP contribution < -0.4 is 10.4 Å².